The highest BCUT2D eigenvalue weighted by atomic mass is 32.1. The Kier molecular flexibility index (Phi) is 3.44. The van der Waals surface area contributed by atoms with Gasteiger partial charge in [0.05, 0.1) is 11.6 Å². The molecular formula is C15H14FNO2S. The lowest BCUT2D eigenvalue weighted by atomic mass is 9.94. The molecule has 3 rings (SSSR count). The highest BCUT2D eigenvalue weighted by Crippen LogP contribution is 2.33. The van der Waals surface area contributed by atoms with Gasteiger partial charge < -0.3 is 10.4 Å². The Morgan fingerprint density at radius 2 is 2.25 bits per heavy atom. The number of carbonyl (C=O) groups excluding carboxylic acids is 1. The number of halogens is 1. The summed E-state index contributed by atoms with van der Waals surface area (Å²) in [6, 6.07) is 5.44. The molecule has 2 aromatic rings. The van der Waals surface area contributed by atoms with Gasteiger partial charge in [0.1, 0.15) is 11.6 Å². The van der Waals surface area contributed by atoms with E-state index in [-0.39, 0.29) is 23.3 Å². The zero-order chi connectivity index (χ0) is 14.1. The number of hydrogen-bond donors (Lipinski definition) is 2. The van der Waals surface area contributed by atoms with Gasteiger partial charge in [-0.05, 0) is 48.4 Å². The van der Waals surface area contributed by atoms with E-state index in [1.807, 2.05) is 11.4 Å². The number of benzene rings is 1. The van der Waals surface area contributed by atoms with E-state index in [9.17, 15) is 14.3 Å². The van der Waals surface area contributed by atoms with Crippen LogP contribution in [0.5, 0.6) is 5.75 Å². The summed E-state index contributed by atoms with van der Waals surface area (Å²) in [6.07, 6.45) is 2.98. The minimum Gasteiger partial charge on any atom is -0.507 e. The molecule has 3 nitrogen and oxygen atoms in total. The molecule has 0 spiro atoms. The number of phenolic OH excluding ortho intramolecular Hbond substituents is 1. The fraction of sp³-hybridized carbons (Fsp3) is 0.267. The number of aryl methyl sites for hydroxylation is 1. The van der Waals surface area contributed by atoms with Crippen LogP contribution < -0.4 is 5.32 Å². The predicted molar refractivity (Wildman–Crippen MR) is 75.5 cm³/mol. The van der Waals surface area contributed by atoms with E-state index >= 15 is 0 Å². The molecule has 1 amide bonds. The zero-order valence-electron chi connectivity index (χ0n) is 10.7. The normalized spacial score (nSPS) is 17.6. The average molecular weight is 291 g/mol. The summed E-state index contributed by atoms with van der Waals surface area (Å²) >= 11 is 1.71. The van der Waals surface area contributed by atoms with Crippen molar-refractivity contribution in [3.8, 4) is 5.75 Å². The van der Waals surface area contributed by atoms with Gasteiger partial charge >= 0.3 is 0 Å². The summed E-state index contributed by atoms with van der Waals surface area (Å²) in [4.78, 5) is 13.5. The molecule has 5 heteroatoms. The summed E-state index contributed by atoms with van der Waals surface area (Å²) in [6.45, 7) is 0. The number of thiophene rings is 1. The van der Waals surface area contributed by atoms with Crippen LogP contribution in [0.4, 0.5) is 4.39 Å². The number of hydrogen-bond acceptors (Lipinski definition) is 3. The number of amides is 1. The van der Waals surface area contributed by atoms with Gasteiger partial charge in [0.2, 0.25) is 0 Å². The number of aromatic hydroxyl groups is 1. The first kappa shape index (κ1) is 13.1. The van der Waals surface area contributed by atoms with Crippen molar-refractivity contribution in [1.29, 1.82) is 0 Å². The van der Waals surface area contributed by atoms with Crippen molar-refractivity contribution in [2.24, 2.45) is 0 Å². The fourth-order valence-corrected chi connectivity index (χ4v) is 3.56. The highest BCUT2D eigenvalue weighted by molar-refractivity contribution is 7.10. The fourth-order valence-electron chi connectivity index (χ4n) is 2.57. The molecule has 1 heterocycles. The lowest BCUT2D eigenvalue weighted by Gasteiger charge is -2.23. The second kappa shape index (κ2) is 5.25. The molecule has 1 aliphatic rings. The monoisotopic (exact) mass is 291 g/mol. The Hall–Kier alpha value is -1.88. The van der Waals surface area contributed by atoms with Gasteiger partial charge in [-0.2, -0.15) is 0 Å². The van der Waals surface area contributed by atoms with Crippen molar-refractivity contribution in [3.05, 3.63) is 51.5 Å². The molecule has 104 valence electrons. The largest absolute Gasteiger partial charge is 0.507 e. The van der Waals surface area contributed by atoms with Crippen molar-refractivity contribution in [2.75, 3.05) is 0 Å². The highest BCUT2D eigenvalue weighted by Gasteiger charge is 2.24. The summed E-state index contributed by atoms with van der Waals surface area (Å²) < 4.78 is 12.9. The van der Waals surface area contributed by atoms with E-state index in [1.165, 1.54) is 17.0 Å². The molecule has 1 unspecified atom stereocenters. The Morgan fingerprint density at radius 1 is 1.40 bits per heavy atom. The molecule has 0 saturated carbocycles. The van der Waals surface area contributed by atoms with Crippen LogP contribution in [0.3, 0.4) is 0 Å². The maximum absolute atomic E-state index is 12.9. The van der Waals surface area contributed by atoms with Gasteiger partial charge in [-0.15, -0.1) is 11.3 Å². The van der Waals surface area contributed by atoms with Crippen LogP contribution in [-0.2, 0) is 6.42 Å². The van der Waals surface area contributed by atoms with Crippen molar-refractivity contribution in [3.63, 3.8) is 0 Å². The molecule has 1 aromatic heterocycles. The van der Waals surface area contributed by atoms with Crippen LogP contribution in [0.2, 0.25) is 0 Å². The number of phenols is 1. The van der Waals surface area contributed by atoms with E-state index in [1.54, 1.807) is 11.3 Å². The van der Waals surface area contributed by atoms with Gasteiger partial charge in [-0.25, -0.2) is 4.39 Å². The van der Waals surface area contributed by atoms with Gasteiger partial charge in [0.15, 0.2) is 0 Å². The van der Waals surface area contributed by atoms with Crippen molar-refractivity contribution in [1.82, 2.24) is 5.32 Å². The molecule has 2 N–H and O–H groups in total. The van der Waals surface area contributed by atoms with Crippen molar-refractivity contribution in [2.45, 2.75) is 25.3 Å². The summed E-state index contributed by atoms with van der Waals surface area (Å²) in [5.41, 5.74) is 1.27. The second-order valence-corrected chi connectivity index (χ2v) is 5.88. The predicted octanol–water partition coefficient (Wildman–Crippen LogP) is 3.40. The quantitative estimate of drug-likeness (QED) is 0.891. The molecule has 1 atom stereocenters. The number of nitrogens with one attached hydrogen (secondary N) is 1. The molecule has 0 radical (unpaired) electrons. The smallest absolute Gasteiger partial charge is 0.255 e. The number of rotatable bonds is 2. The maximum atomic E-state index is 12.9. The lowest BCUT2D eigenvalue weighted by Crippen LogP contribution is -2.30. The Balaban J connectivity index is 1.81. The first-order chi connectivity index (χ1) is 9.65. The first-order valence-corrected chi connectivity index (χ1v) is 7.39. The molecule has 0 saturated heterocycles. The van der Waals surface area contributed by atoms with Gasteiger partial charge in [-0.3, -0.25) is 4.79 Å². The third kappa shape index (κ3) is 2.41. The second-order valence-electron chi connectivity index (χ2n) is 4.88. The van der Waals surface area contributed by atoms with E-state index in [2.05, 4.69) is 5.32 Å². The molecule has 20 heavy (non-hydrogen) atoms. The van der Waals surface area contributed by atoms with Crippen molar-refractivity contribution < 1.29 is 14.3 Å². The molecule has 0 bridgehead atoms. The van der Waals surface area contributed by atoms with Crippen LogP contribution in [0.15, 0.2) is 29.6 Å². The molecule has 1 aliphatic carbocycles. The van der Waals surface area contributed by atoms with Crippen LogP contribution in [0.25, 0.3) is 0 Å². The topological polar surface area (TPSA) is 49.3 Å². The average Bonchev–Trinajstić information content (AvgIpc) is 2.87. The van der Waals surface area contributed by atoms with Crippen LogP contribution in [0.1, 0.15) is 39.7 Å². The van der Waals surface area contributed by atoms with E-state index in [0.29, 0.717) is 0 Å². The summed E-state index contributed by atoms with van der Waals surface area (Å²) in [5, 5.41) is 14.6. The molecular weight excluding hydrogens is 277 g/mol. The Bertz CT molecular complexity index is 653. The first-order valence-electron chi connectivity index (χ1n) is 6.51. The number of carbonyl (C=O) groups is 1. The molecule has 0 fully saturated rings. The number of fused-ring (bicyclic) bond motifs is 1. The van der Waals surface area contributed by atoms with Crippen molar-refractivity contribution >= 4 is 17.2 Å². The van der Waals surface area contributed by atoms with Gasteiger partial charge in [0, 0.05) is 10.9 Å². The molecule has 0 aliphatic heterocycles. The summed E-state index contributed by atoms with van der Waals surface area (Å²) in [5.74, 6) is -1.26. The van der Waals surface area contributed by atoms with Gasteiger partial charge in [0.25, 0.3) is 5.91 Å². The van der Waals surface area contributed by atoms with E-state index < -0.39 is 5.82 Å². The Morgan fingerprint density at radius 3 is 3.05 bits per heavy atom. The lowest BCUT2D eigenvalue weighted by molar-refractivity contribution is 0.0930. The maximum Gasteiger partial charge on any atom is 0.255 e. The molecule has 1 aromatic carbocycles. The minimum absolute atomic E-state index is 0.0260. The van der Waals surface area contributed by atoms with E-state index in [4.69, 9.17) is 0 Å². The summed E-state index contributed by atoms with van der Waals surface area (Å²) in [7, 11) is 0. The van der Waals surface area contributed by atoms with Gasteiger partial charge in [-0.1, -0.05) is 0 Å². The SMILES string of the molecule is O=C(NC1CCCc2sccc21)c1ccc(F)cc1O. The van der Waals surface area contributed by atoms with Crippen LogP contribution >= 0.6 is 11.3 Å². The minimum atomic E-state index is -0.558. The third-order valence-corrected chi connectivity index (χ3v) is 4.56. The van der Waals surface area contributed by atoms with E-state index in [0.717, 1.165) is 30.9 Å². The van der Waals surface area contributed by atoms with Crippen LogP contribution in [-0.4, -0.2) is 11.0 Å². The zero-order valence-corrected chi connectivity index (χ0v) is 11.5. The third-order valence-electron chi connectivity index (χ3n) is 3.56. The van der Waals surface area contributed by atoms with Crippen LogP contribution in [0, 0.1) is 5.82 Å². The standard InChI is InChI=1S/C15H14FNO2S/c16-9-4-5-11(13(18)8-9)15(19)17-12-2-1-3-14-10(12)6-7-20-14/h4-8,12,18H,1-3H2,(H,17,19). The Labute approximate surface area is 120 Å².